The van der Waals surface area contributed by atoms with Gasteiger partial charge in [0, 0.05) is 5.56 Å². The van der Waals surface area contributed by atoms with Crippen molar-refractivity contribution in [2.75, 3.05) is 7.11 Å². The molecule has 1 fully saturated rings. The largest absolute Gasteiger partial charge is 0.507 e. The van der Waals surface area contributed by atoms with Crippen LogP contribution in [0.15, 0.2) is 58.5 Å². The first-order valence-corrected chi connectivity index (χ1v) is 8.55. The Morgan fingerprint density at radius 3 is 2.60 bits per heavy atom. The van der Waals surface area contributed by atoms with Crippen LogP contribution < -0.4 is 4.74 Å². The second-order valence-corrected chi connectivity index (χ2v) is 6.75. The van der Waals surface area contributed by atoms with E-state index in [0.29, 0.717) is 14.8 Å². The zero-order valence-corrected chi connectivity index (χ0v) is 14.9. The maximum absolute atomic E-state index is 12.5. The van der Waals surface area contributed by atoms with Crippen LogP contribution >= 0.6 is 24.0 Å². The maximum Gasteiger partial charge on any atom is 0.286 e. The van der Waals surface area contributed by atoms with Crippen molar-refractivity contribution < 1.29 is 14.6 Å². The van der Waals surface area contributed by atoms with Gasteiger partial charge in [-0.3, -0.25) is 4.79 Å². The van der Waals surface area contributed by atoms with Crippen molar-refractivity contribution in [2.24, 2.45) is 5.10 Å². The smallest absolute Gasteiger partial charge is 0.286 e. The number of methoxy groups -OCH3 is 1. The zero-order valence-electron chi connectivity index (χ0n) is 13.2. The molecule has 0 radical (unpaired) electrons. The summed E-state index contributed by atoms with van der Waals surface area (Å²) in [5.41, 5.74) is 1.38. The van der Waals surface area contributed by atoms with Gasteiger partial charge in [-0.2, -0.15) is 10.1 Å². The lowest BCUT2D eigenvalue weighted by molar-refractivity contribution is -0.122. The molecule has 25 heavy (non-hydrogen) atoms. The summed E-state index contributed by atoms with van der Waals surface area (Å²) in [6.45, 7) is 0. The van der Waals surface area contributed by atoms with Gasteiger partial charge in [0.25, 0.3) is 5.91 Å². The average molecular weight is 370 g/mol. The van der Waals surface area contributed by atoms with Crippen molar-refractivity contribution in [2.45, 2.75) is 0 Å². The average Bonchev–Trinajstić information content (AvgIpc) is 2.88. The molecule has 0 saturated carbocycles. The number of nitrogens with zero attached hydrogens (tertiary/aromatic N) is 2. The molecule has 1 N–H and O–H groups in total. The summed E-state index contributed by atoms with van der Waals surface area (Å²) >= 11 is 6.42. The topological polar surface area (TPSA) is 62.1 Å². The Morgan fingerprint density at radius 2 is 1.92 bits per heavy atom. The van der Waals surface area contributed by atoms with Crippen molar-refractivity contribution in [1.82, 2.24) is 5.01 Å². The maximum atomic E-state index is 12.5. The summed E-state index contributed by atoms with van der Waals surface area (Å²) in [6, 6.07) is 14.1. The number of thioether (sulfide) groups is 1. The highest BCUT2D eigenvalue weighted by Crippen LogP contribution is 2.33. The highest BCUT2D eigenvalue weighted by Gasteiger charge is 2.32. The van der Waals surface area contributed by atoms with E-state index in [1.54, 1.807) is 37.5 Å². The van der Waals surface area contributed by atoms with E-state index in [9.17, 15) is 9.90 Å². The molecule has 1 amide bonds. The third kappa shape index (κ3) is 3.89. The summed E-state index contributed by atoms with van der Waals surface area (Å²) in [5.74, 6) is 0.542. The van der Waals surface area contributed by atoms with Crippen LogP contribution in [-0.4, -0.2) is 33.7 Å². The van der Waals surface area contributed by atoms with E-state index in [0.717, 1.165) is 16.3 Å². The number of carbonyl (C=O) groups excluding carboxylic acids is 1. The number of para-hydroxylation sites is 1. The van der Waals surface area contributed by atoms with Crippen LogP contribution in [0.2, 0.25) is 0 Å². The number of carbonyl (C=O) groups is 1. The van der Waals surface area contributed by atoms with Crippen molar-refractivity contribution in [3.8, 4) is 11.5 Å². The summed E-state index contributed by atoms with van der Waals surface area (Å²) < 4.78 is 5.46. The number of hydrogen-bond acceptors (Lipinski definition) is 6. The number of hydrogen-bond donors (Lipinski definition) is 1. The number of thiocarbonyl (C=S) groups is 1. The van der Waals surface area contributed by atoms with Crippen LogP contribution in [0.4, 0.5) is 0 Å². The molecule has 2 aromatic rings. The van der Waals surface area contributed by atoms with Gasteiger partial charge in [-0.1, -0.05) is 36.0 Å². The van der Waals surface area contributed by atoms with Crippen molar-refractivity contribution >= 4 is 46.5 Å². The quantitative estimate of drug-likeness (QED) is 0.506. The normalized spacial score (nSPS) is 16.2. The Labute approximate surface area is 154 Å². The van der Waals surface area contributed by atoms with Gasteiger partial charge in [-0.05, 0) is 48.1 Å². The SMILES string of the molecule is COc1ccc(C=C2SC(=S)N(/N=C/c3ccccc3O)C2=O)cc1. The minimum absolute atomic E-state index is 0.0884. The fraction of sp³-hybridized carbons (Fsp3) is 0.0556. The molecule has 1 aliphatic rings. The van der Waals surface area contributed by atoms with Crippen LogP contribution in [0.25, 0.3) is 6.08 Å². The lowest BCUT2D eigenvalue weighted by Crippen LogP contribution is -2.22. The number of phenols is 1. The number of rotatable bonds is 4. The predicted molar refractivity (Wildman–Crippen MR) is 104 cm³/mol. The second-order valence-electron chi connectivity index (χ2n) is 5.07. The van der Waals surface area contributed by atoms with Crippen LogP contribution in [0.1, 0.15) is 11.1 Å². The molecular formula is C18H14N2O3S2. The number of ether oxygens (including phenoxy) is 1. The Balaban J connectivity index is 1.80. The minimum atomic E-state index is -0.294. The predicted octanol–water partition coefficient (Wildman–Crippen LogP) is 3.64. The van der Waals surface area contributed by atoms with Gasteiger partial charge in [-0.25, -0.2) is 0 Å². The number of amides is 1. The van der Waals surface area contributed by atoms with Gasteiger partial charge in [0.1, 0.15) is 11.5 Å². The molecule has 1 heterocycles. The van der Waals surface area contributed by atoms with E-state index in [2.05, 4.69) is 5.10 Å². The molecule has 5 nitrogen and oxygen atoms in total. The third-order valence-corrected chi connectivity index (χ3v) is 4.72. The van der Waals surface area contributed by atoms with Crippen molar-refractivity contribution in [3.63, 3.8) is 0 Å². The van der Waals surface area contributed by atoms with Gasteiger partial charge >= 0.3 is 0 Å². The number of benzene rings is 2. The number of phenolic OH excluding ortho intramolecular Hbond substituents is 1. The fourth-order valence-electron chi connectivity index (χ4n) is 2.13. The van der Waals surface area contributed by atoms with Gasteiger partial charge in [0.05, 0.1) is 18.2 Å². The second kappa shape index (κ2) is 7.50. The summed E-state index contributed by atoms with van der Waals surface area (Å²) in [5, 5.41) is 15.0. The number of hydrazone groups is 1. The highest BCUT2D eigenvalue weighted by molar-refractivity contribution is 8.26. The van der Waals surface area contributed by atoms with E-state index in [1.807, 2.05) is 24.3 Å². The zero-order chi connectivity index (χ0) is 17.8. The van der Waals surface area contributed by atoms with Crippen LogP contribution in [0, 0.1) is 0 Å². The minimum Gasteiger partial charge on any atom is -0.507 e. The Hall–Kier alpha value is -2.64. The van der Waals surface area contributed by atoms with Crippen molar-refractivity contribution in [1.29, 1.82) is 0 Å². The Morgan fingerprint density at radius 1 is 1.20 bits per heavy atom. The van der Waals surface area contributed by atoms with Gasteiger partial charge in [-0.15, -0.1) is 0 Å². The Bertz CT molecular complexity index is 876. The number of aromatic hydroxyl groups is 1. The molecule has 0 atom stereocenters. The van der Waals surface area contributed by atoms with E-state index < -0.39 is 0 Å². The third-order valence-electron chi connectivity index (χ3n) is 3.44. The fourth-order valence-corrected chi connectivity index (χ4v) is 3.30. The van der Waals surface area contributed by atoms with Crippen LogP contribution in [0.5, 0.6) is 11.5 Å². The molecule has 0 spiro atoms. The summed E-state index contributed by atoms with van der Waals surface area (Å²) in [6.07, 6.45) is 3.17. The molecule has 3 rings (SSSR count). The first kappa shape index (κ1) is 17.2. The molecule has 126 valence electrons. The van der Waals surface area contributed by atoms with E-state index in [4.69, 9.17) is 17.0 Å². The van der Waals surface area contributed by atoms with E-state index >= 15 is 0 Å². The van der Waals surface area contributed by atoms with Gasteiger partial charge in [0.2, 0.25) is 0 Å². The molecular weight excluding hydrogens is 356 g/mol. The first-order valence-electron chi connectivity index (χ1n) is 7.32. The van der Waals surface area contributed by atoms with E-state index in [1.165, 1.54) is 18.0 Å². The molecule has 0 unspecified atom stereocenters. The molecule has 1 saturated heterocycles. The lowest BCUT2D eigenvalue weighted by Gasteiger charge is -2.06. The van der Waals surface area contributed by atoms with Gasteiger partial charge in [0.15, 0.2) is 4.32 Å². The molecule has 2 aromatic carbocycles. The van der Waals surface area contributed by atoms with Crippen LogP contribution in [0.3, 0.4) is 0 Å². The standard InChI is InChI=1S/C18H14N2O3S2/c1-23-14-8-6-12(7-9-14)10-16-17(22)20(18(24)25-16)19-11-13-4-2-3-5-15(13)21/h2-11,21H,1H3/b16-10?,19-11+. The summed E-state index contributed by atoms with van der Waals surface area (Å²) in [7, 11) is 1.60. The molecule has 1 aliphatic heterocycles. The molecule has 0 aromatic heterocycles. The van der Waals surface area contributed by atoms with E-state index in [-0.39, 0.29) is 11.7 Å². The summed E-state index contributed by atoms with van der Waals surface area (Å²) in [4.78, 5) is 13.0. The monoisotopic (exact) mass is 370 g/mol. The lowest BCUT2D eigenvalue weighted by atomic mass is 10.2. The van der Waals surface area contributed by atoms with Crippen molar-refractivity contribution in [3.05, 3.63) is 64.6 Å². The molecule has 0 aliphatic carbocycles. The first-order chi connectivity index (χ1) is 12.1. The Kier molecular flexibility index (Phi) is 5.16. The highest BCUT2D eigenvalue weighted by atomic mass is 32.2. The molecule has 7 heteroatoms. The van der Waals surface area contributed by atoms with Gasteiger partial charge < -0.3 is 9.84 Å². The van der Waals surface area contributed by atoms with Crippen LogP contribution in [-0.2, 0) is 4.79 Å². The molecule has 0 bridgehead atoms.